The van der Waals surface area contributed by atoms with Gasteiger partial charge in [0.15, 0.2) is 0 Å². The third-order valence-corrected chi connectivity index (χ3v) is 3.30. The Kier molecular flexibility index (Phi) is 6.64. The van der Waals surface area contributed by atoms with E-state index in [1.807, 2.05) is 6.08 Å². The molecular weight excluding hydrogens is 206 g/mol. The molecular formula is C16H25N. The molecule has 0 heterocycles. The summed E-state index contributed by atoms with van der Waals surface area (Å²) >= 11 is 0. The van der Waals surface area contributed by atoms with Gasteiger partial charge < -0.3 is 4.90 Å². The molecule has 0 amide bonds. The van der Waals surface area contributed by atoms with Crippen LogP contribution in [0.2, 0.25) is 0 Å². The average molecular weight is 231 g/mol. The first-order valence-electron chi connectivity index (χ1n) is 6.73. The van der Waals surface area contributed by atoms with Crippen molar-refractivity contribution < 1.29 is 0 Å². The van der Waals surface area contributed by atoms with E-state index in [4.69, 9.17) is 0 Å². The number of nitrogens with zero attached hydrogens (tertiary/aromatic N) is 1. The maximum atomic E-state index is 3.77. The van der Waals surface area contributed by atoms with Crippen LogP contribution in [0.5, 0.6) is 0 Å². The van der Waals surface area contributed by atoms with E-state index in [9.17, 15) is 0 Å². The zero-order valence-electron chi connectivity index (χ0n) is 11.3. The van der Waals surface area contributed by atoms with E-state index in [1.165, 1.54) is 50.0 Å². The molecule has 0 aromatic heterocycles. The highest BCUT2D eigenvalue weighted by Gasteiger charge is 1.98. The molecule has 1 aromatic carbocycles. The first-order valence-corrected chi connectivity index (χ1v) is 6.73. The van der Waals surface area contributed by atoms with Crippen molar-refractivity contribution in [3.05, 3.63) is 42.0 Å². The Hall–Kier alpha value is -1.08. The van der Waals surface area contributed by atoms with Crippen molar-refractivity contribution in [3.8, 4) is 0 Å². The maximum absolute atomic E-state index is 3.77. The van der Waals surface area contributed by atoms with Crippen LogP contribution in [0.3, 0.4) is 0 Å². The summed E-state index contributed by atoms with van der Waals surface area (Å²) in [5.41, 5.74) is 2.65. The fourth-order valence-electron chi connectivity index (χ4n) is 2.02. The minimum atomic E-state index is 1.17. The van der Waals surface area contributed by atoms with Crippen LogP contribution in [0.1, 0.15) is 37.8 Å². The lowest BCUT2D eigenvalue weighted by atomic mass is 10.1. The minimum Gasteiger partial charge on any atom is -0.304 e. The van der Waals surface area contributed by atoms with Crippen LogP contribution in [0, 0.1) is 0 Å². The van der Waals surface area contributed by atoms with Crippen molar-refractivity contribution in [2.24, 2.45) is 0 Å². The number of unbranched alkanes of at least 4 members (excludes halogenated alkanes) is 1. The van der Waals surface area contributed by atoms with E-state index >= 15 is 0 Å². The van der Waals surface area contributed by atoms with Crippen LogP contribution in [0.15, 0.2) is 30.8 Å². The van der Waals surface area contributed by atoms with Gasteiger partial charge in [-0.25, -0.2) is 0 Å². The van der Waals surface area contributed by atoms with Gasteiger partial charge >= 0.3 is 0 Å². The Labute approximate surface area is 106 Å². The number of rotatable bonds is 8. The van der Waals surface area contributed by atoms with Crippen molar-refractivity contribution in [2.75, 3.05) is 19.6 Å². The zero-order chi connectivity index (χ0) is 12.5. The Morgan fingerprint density at radius 2 is 1.71 bits per heavy atom. The topological polar surface area (TPSA) is 3.24 Å². The predicted octanol–water partition coefficient (Wildman–Crippen LogP) is 3.99. The number of hydrogen-bond donors (Lipinski definition) is 0. The fraction of sp³-hybridized carbons (Fsp3) is 0.500. The molecule has 94 valence electrons. The van der Waals surface area contributed by atoms with Crippen LogP contribution in [0.4, 0.5) is 0 Å². The third kappa shape index (κ3) is 5.18. The lowest BCUT2D eigenvalue weighted by Crippen LogP contribution is -2.23. The van der Waals surface area contributed by atoms with Crippen molar-refractivity contribution >= 4 is 6.08 Å². The van der Waals surface area contributed by atoms with Gasteiger partial charge in [-0.2, -0.15) is 0 Å². The molecule has 1 heteroatoms. The van der Waals surface area contributed by atoms with E-state index < -0.39 is 0 Å². The smallest absolute Gasteiger partial charge is 0.00189 e. The molecule has 0 saturated heterocycles. The summed E-state index contributed by atoms with van der Waals surface area (Å²) in [5.74, 6) is 0. The van der Waals surface area contributed by atoms with Gasteiger partial charge in [0.1, 0.15) is 0 Å². The molecule has 0 N–H and O–H groups in total. The van der Waals surface area contributed by atoms with Gasteiger partial charge in [-0.3, -0.25) is 0 Å². The standard InChI is InChI=1S/C16H25N/c1-4-15-10-12-16(13-11-15)9-7-8-14-17(5-2)6-3/h4,10-13H,1,5-9,14H2,2-3H3. The molecule has 0 atom stereocenters. The van der Waals surface area contributed by atoms with Gasteiger partial charge in [0.2, 0.25) is 0 Å². The van der Waals surface area contributed by atoms with Gasteiger partial charge in [0.25, 0.3) is 0 Å². The van der Waals surface area contributed by atoms with E-state index in [1.54, 1.807) is 0 Å². The van der Waals surface area contributed by atoms with E-state index in [2.05, 4.69) is 49.6 Å². The lowest BCUT2D eigenvalue weighted by Gasteiger charge is -2.17. The summed E-state index contributed by atoms with van der Waals surface area (Å²) in [7, 11) is 0. The Morgan fingerprint density at radius 1 is 1.06 bits per heavy atom. The van der Waals surface area contributed by atoms with E-state index in [0.29, 0.717) is 0 Å². The Bertz CT molecular complexity index is 309. The molecule has 1 rings (SSSR count). The summed E-state index contributed by atoms with van der Waals surface area (Å²) in [6.07, 6.45) is 5.66. The van der Waals surface area contributed by atoms with Crippen molar-refractivity contribution in [3.63, 3.8) is 0 Å². The number of benzene rings is 1. The second kappa shape index (κ2) is 8.08. The predicted molar refractivity (Wildman–Crippen MR) is 77.3 cm³/mol. The summed E-state index contributed by atoms with van der Waals surface area (Å²) < 4.78 is 0. The van der Waals surface area contributed by atoms with E-state index in [0.717, 1.165) is 0 Å². The Morgan fingerprint density at radius 3 is 2.24 bits per heavy atom. The van der Waals surface area contributed by atoms with Crippen LogP contribution < -0.4 is 0 Å². The van der Waals surface area contributed by atoms with E-state index in [-0.39, 0.29) is 0 Å². The van der Waals surface area contributed by atoms with Crippen molar-refractivity contribution in [1.82, 2.24) is 4.90 Å². The molecule has 17 heavy (non-hydrogen) atoms. The monoisotopic (exact) mass is 231 g/mol. The summed E-state index contributed by atoms with van der Waals surface area (Å²) in [5, 5.41) is 0. The van der Waals surface area contributed by atoms with Gasteiger partial charge in [0.05, 0.1) is 0 Å². The second-order valence-electron chi connectivity index (χ2n) is 4.43. The lowest BCUT2D eigenvalue weighted by molar-refractivity contribution is 0.297. The molecule has 0 aliphatic rings. The molecule has 0 unspecified atom stereocenters. The molecule has 1 nitrogen and oxygen atoms in total. The van der Waals surface area contributed by atoms with Crippen LogP contribution >= 0.6 is 0 Å². The zero-order valence-corrected chi connectivity index (χ0v) is 11.3. The molecule has 0 fully saturated rings. The number of hydrogen-bond acceptors (Lipinski definition) is 1. The highest BCUT2D eigenvalue weighted by Crippen LogP contribution is 2.09. The molecule has 0 spiro atoms. The second-order valence-corrected chi connectivity index (χ2v) is 4.43. The third-order valence-electron chi connectivity index (χ3n) is 3.30. The van der Waals surface area contributed by atoms with Gasteiger partial charge in [-0.05, 0) is 50.0 Å². The quantitative estimate of drug-likeness (QED) is 0.611. The van der Waals surface area contributed by atoms with Gasteiger partial charge in [0, 0.05) is 0 Å². The molecule has 0 bridgehead atoms. The van der Waals surface area contributed by atoms with Crippen LogP contribution in [0.25, 0.3) is 6.08 Å². The Balaban J connectivity index is 2.23. The molecule has 0 aliphatic carbocycles. The first kappa shape index (κ1) is 14.0. The summed E-state index contributed by atoms with van der Waals surface area (Å²) in [6, 6.07) is 8.72. The highest BCUT2D eigenvalue weighted by atomic mass is 15.1. The fourth-order valence-corrected chi connectivity index (χ4v) is 2.02. The van der Waals surface area contributed by atoms with Crippen molar-refractivity contribution in [1.29, 1.82) is 0 Å². The largest absolute Gasteiger partial charge is 0.304 e. The van der Waals surface area contributed by atoms with Gasteiger partial charge in [-0.15, -0.1) is 0 Å². The van der Waals surface area contributed by atoms with Crippen molar-refractivity contribution in [2.45, 2.75) is 33.1 Å². The maximum Gasteiger partial charge on any atom is -0.00189 e. The molecule has 0 radical (unpaired) electrons. The molecule has 0 aliphatic heterocycles. The highest BCUT2D eigenvalue weighted by molar-refractivity contribution is 5.47. The first-order chi connectivity index (χ1) is 8.30. The SMILES string of the molecule is C=Cc1ccc(CCCCN(CC)CC)cc1. The van der Waals surface area contributed by atoms with Crippen LogP contribution in [-0.2, 0) is 6.42 Å². The number of aryl methyl sites for hydroxylation is 1. The molecule has 0 saturated carbocycles. The average Bonchev–Trinajstić information content (AvgIpc) is 2.40. The minimum absolute atomic E-state index is 1.17. The normalized spacial score (nSPS) is 10.8. The van der Waals surface area contributed by atoms with Gasteiger partial charge in [-0.1, -0.05) is 50.8 Å². The summed E-state index contributed by atoms with van der Waals surface area (Å²) in [4.78, 5) is 2.49. The van der Waals surface area contributed by atoms with Crippen LogP contribution in [-0.4, -0.2) is 24.5 Å². The molecule has 1 aromatic rings. The summed E-state index contributed by atoms with van der Waals surface area (Å²) in [6.45, 7) is 11.8.